The number of fused-ring (bicyclic) bond motifs is 1. The predicted octanol–water partition coefficient (Wildman–Crippen LogP) is 4.57. The minimum Gasteiger partial charge on any atom is -0.490 e. The Labute approximate surface area is 199 Å². The highest BCUT2D eigenvalue weighted by molar-refractivity contribution is 6.01. The van der Waals surface area contributed by atoms with Crippen molar-refractivity contribution >= 4 is 22.9 Å². The van der Waals surface area contributed by atoms with Crippen LogP contribution in [0.2, 0.25) is 0 Å². The van der Waals surface area contributed by atoms with Crippen LogP contribution in [0.4, 0.5) is 0 Å². The van der Waals surface area contributed by atoms with Crippen molar-refractivity contribution in [2.45, 2.75) is 19.8 Å². The Kier molecular flexibility index (Phi) is 8.54. The molecule has 0 atom stereocenters. The van der Waals surface area contributed by atoms with E-state index in [9.17, 15) is 10.1 Å². The number of para-hydroxylation sites is 1. The van der Waals surface area contributed by atoms with Gasteiger partial charge in [0.15, 0.2) is 11.5 Å². The van der Waals surface area contributed by atoms with Gasteiger partial charge in [-0.3, -0.25) is 4.79 Å². The third-order valence-electron chi connectivity index (χ3n) is 5.15. The highest BCUT2D eigenvalue weighted by Crippen LogP contribution is 2.34. The maximum Gasteiger partial charge on any atom is 0.261 e. The lowest BCUT2D eigenvalue weighted by Gasteiger charge is -2.15. The van der Waals surface area contributed by atoms with E-state index >= 15 is 0 Å². The molecule has 0 fully saturated rings. The molecule has 2 N–H and O–H groups in total. The fourth-order valence-corrected chi connectivity index (χ4v) is 3.67. The Morgan fingerprint density at radius 1 is 1.26 bits per heavy atom. The van der Waals surface area contributed by atoms with Gasteiger partial charge < -0.3 is 19.8 Å². The lowest BCUT2D eigenvalue weighted by molar-refractivity contribution is -0.117. The fraction of sp³-hybridized carbons (Fsp3) is 0.214. The van der Waals surface area contributed by atoms with E-state index in [1.807, 2.05) is 49.5 Å². The van der Waals surface area contributed by atoms with Crippen molar-refractivity contribution in [1.82, 2.24) is 10.3 Å². The Balaban J connectivity index is 1.78. The van der Waals surface area contributed by atoms with Crippen LogP contribution in [-0.2, 0) is 17.6 Å². The zero-order valence-corrected chi connectivity index (χ0v) is 19.2. The Hall–Kier alpha value is -4.42. The smallest absolute Gasteiger partial charge is 0.261 e. The van der Waals surface area contributed by atoms with Gasteiger partial charge >= 0.3 is 0 Å². The summed E-state index contributed by atoms with van der Waals surface area (Å²) in [6.07, 6.45) is 11.7. The maximum atomic E-state index is 12.7. The fourth-order valence-electron chi connectivity index (χ4n) is 3.67. The summed E-state index contributed by atoms with van der Waals surface area (Å²) in [5, 5.41) is 13.6. The molecule has 0 bridgehead atoms. The number of amides is 1. The highest BCUT2D eigenvalue weighted by atomic mass is 16.5. The van der Waals surface area contributed by atoms with Gasteiger partial charge in [-0.2, -0.15) is 5.26 Å². The number of nitrogens with zero attached hydrogens (tertiary/aromatic N) is 1. The quantitative estimate of drug-likeness (QED) is 0.193. The summed E-state index contributed by atoms with van der Waals surface area (Å²) >= 11 is 0. The van der Waals surface area contributed by atoms with E-state index in [-0.39, 0.29) is 12.2 Å². The molecule has 0 saturated carbocycles. The predicted molar refractivity (Wildman–Crippen MR) is 134 cm³/mol. The van der Waals surface area contributed by atoms with Crippen molar-refractivity contribution < 1.29 is 14.3 Å². The summed E-state index contributed by atoms with van der Waals surface area (Å²) in [4.78, 5) is 15.9. The summed E-state index contributed by atoms with van der Waals surface area (Å²) in [7, 11) is 0. The Bertz CT molecular complexity index is 1290. The van der Waals surface area contributed by atoms with Gasteiger partial charge in [0.1, 0.15) is 18.2 Å². The Morgan fingerprint density at radius 3 is 2.82 bits per heavy atom. The number of aromatic nitrogens is 1. The van der Waals surface area contributed by atoms with Crippen LogP contribution in [-0.4, -0.2) is 30.6 Å². The first-order valence-corrected chi connectivity index (χ1v) is 11.0. The van der Waals surface area contributed by atoms with E-state index in [1.165, 1.54) is 0 Å². The number of nitriles is 1. The van der Waals surface area contributed by atoms with Gasteiger partial charge in [0.05, 0.1) is 6.61 Å². The molecule has 0 aliphatic rings. The normalized spacial score (nSPS) is 10.9. The molecule has 1 aromatic heterocycles. The molecule has 0 aliphatic carbocycles. The molecule has 0 saturated heterocycles. The van der Waals surface area contributed by atoms with E-state index in [0.717, 1.165) is 22.0 Å². The van der Waals surface area contributed by atoms with Crippen LogP contribution in [0.1, 0.15) is 23.6 Å². The average molecular weight is 454 g/mol. The van der Waals surface area contributed by atoms with Crippen molar-refractivity contribution in [1.29, 1.82) is 5.26 Å². The number of H-pyrrole nitrogens is 1. The number of ether oxygens (including phenoxy) is 2. The van der Waals surface area contributed by atoms with Crippen molar-refractivity contribution in [3.05, 3.63) is 77.5 Å². The van der Waals surface area contributed by atoms with Gasteiger partial charge in [0, 0.05) is 29.2 Å². The number of carbonyl (C=O) groups is 1. The van der Waals surface area contributed by atoms with Crippen LogP contribution in [0.15, 0.2) is 60.8 Å². The third-order valence-corrected chi connectivity index (χ3v) is 5.15. The van der Waals surface area contributed by atoms with Gasteiger partial charge in [-0.1, -0.05) is 30.2 Å². The standard InChI is InChI=1S/C28H27N3O3/c1-4-9-21-15-20(17-26(33-6-3)27(21)34-14-5-2)16-23(18-29)28(32)30-13-12-22-19-31-25-11-8-7-10-24(22)25/h2,4,7-8,10-11,15-17,19,31H,1,6,9,12-14H2,3H3,(H,30,32)/b23-16-. The zero-order chi connectivity index (χ0) is 24.3. The van der Waals surface area contributed by atoms with Crippen molar-refractivity contribution in [2.24, 2.45) is 0 Å². The molecular weight excluding hydrogens is 426 g/mol. The zero-order valence-electron chi connectivity index (χ0n) is 19.2. The first-order valence-electron chi connectivity index (χ1n) is 11.0. The molecule has 0 radical (unpaired) electrons. The molecular formula is C28H27N3O3. The summed E-state index contributed by atoms with van der Waals surface area (Å²) in [6.45, 7) is 6.58. The van der Waals surface area contributed by atoms with Gasteiger partial charge in [-0.05, 0) is 55.2 Å². The second-order valence-corrected chi connectivity index (χ2v) is 7.46. The molecule has 1 heterocycles. The van der Waals surface area contributed by atoms with Gasteiger partial charge in [0.2, 0.25) is 0 Å². The number of hydrogen-bond donors (Lipinski definition) is 2. The van der Waals surface area contributed by atoms with Crippen LogP contribution in [0, 0.1) is 23.7 Å². The number of nitrogens with one attached hydrogen (secondary N) is 2. The molecule has 34 heavy (non-hydrogen) atoms. The van der Waals surface area contributed by atoms with Gasteiger partial charge in [-0.25, -0.2) is 0 Å². The molecule has 0 unspecified atom stereocenters. The Morgan fingerprint density at radius 2 is 2.09 bits per heavy atom. The maximum absolute atomic E-state index is 12.7. The number of aromatic amines is 1. The van der Waals surface area contributed by atoms with Crippen LogP contribution in [0.3, 0.4) is 0 Å². The topological polar surface area (TPSA) is 87.1 Å². The lowest BCUT2D eigenvalue weighted by atomic mass is 10.0. The average Bonchev–Trinajstić information content (AvgIpc) is 3.25. The van der Waals surface area contributed by atoms with Crippen LogP contribution >= 0.6 is 0 Å². The number of terminal acetylenes is 1. The van der Waals surface area contributed by atoms with Crippen LogP contribution < -0.4 is 14.8 Å². The molecule has 6 heteroatoms. The number of hydrogen-bond acceptors (Lipinski definition) is 4. The van der Waals surface area contributed by atoms with E-state index in [0.29, 0.717) is 43.1 Å². The van der Waals surface area contributed by atoms with Crippen LogP contribution in [0.5, 0.6) is 11.5 Å². The van der Waals surface area contributed by atoms with Crippen molar-refractivity contribution in [3.63, 3.8) is 0 Å². The number of benzene rings is 2. The molecule has 3 aromatic rings. The molecule has 1 amide bonds. The van der Waals surface area contributed by atoms with Crippen molar-refractivity contribution in [3.8, 4) is 29.9 Å². The summed E-state index contributed by atoms with van der Waals surface area (Å²) in [6, 6.07) is 13.6. The summed E-state index contributed by atoms with van der Waals surface area (Å²) in [5.74, 6) is 3.06. The SMILES string of the molecule is C#CCOc1c(CC=C)cc(/C=C(/C#N)C(=O)NCCc2c[nH]c3ccccc23)cc1OCC. The minimum atomic E-state index is -0.432. The monoisotopic (exact) mass is 453 g/mol. The summed E-state index contributed by atoms with van der Waals surface area (Å²) in [5.41, 5.74) is 3.62. The van der Waals surface area contributed by atoms with E-state index in [2.05, 4.69) is 22.8 Å². The molecule has 172 valence electrons. The van der Waals surface area contributed by atoms with Gasteiger partial charge in [-0.15, -0.1) is 13.0 Å². The number of carbonyl (C=O) groups excluding carboxylic acids is 1. The number of rotatable bonds is 11. The van der Waals surface area contributed by atoms with Crippen molar-refractivity contribution in [2.75, 3.05) is 19.8 Å². The first kappa shape index (κ1) is 24.2. The first-order chi connectivity index (χ1) is 16.6. The summed E-state index contributed by atoms with van der Waals surface area (Å²) < 4.78 is 11.4. The third kappa shape index (κ3) is 5.88. The lowest BCUT2D eigenvalue weighted by Crippen LogP contribution is -2.26. The molecule has 6 nitrogen and oxygen atoms in total. The molecule has 2 aromatic carbocycles. The highest BCUT2D eigenvalue weighted by Gasteiger charge is 2.15. The van der Waals surface area contributed by atoms with E-state index in [4.69, 9.17) is 15.9 Å². The second kappa shape index (κ2) is 12.0. The minimum absolute atomic E-state index is 0.00298. The largest absolute Gasteiger partial charge is 0.490 e. The number of allylic oxidation sites excluding steroid dienone is 1. The van der Waals surface area contributed by atoms with E-state index in [1.54, 1.807) is 18.2 Å². The van der Waals surface area contributed by atoms with Crippen LogP contribution in [0.25, 0.3) is 17.0 Å². The second-order valence-electron chi connectivity index (χ2n) is 7.46. The van der Waals surface area contributed by atoms with E-state index < -0.39 is 5.91 Å². The molecule has 0 spiro atoms. The van der Waals surface area contributed by atoms with Gasteiger partial charge in [0.25, 0.3) is 5.91 Å². The molecule has 0 aliphatic heterocycles. The molecule has 3 rings (SSSR count).